The van der Waals surface area contributed by atoms with Crippen LogP contribution < -0.4 is 9.47 Å². The number of hydrogen-bond donors (Lipinski definition) is 1. The Labute approximate surface area is 120 Å². The van der Waals surface area contributed by atoms with Gasteiger partial charge in [0.25, 0.3) is 0 Å². The molecule has 0 aliphatic heterocycles. The van der Waals surface area contributed by atoms with Gasteiger partial charge in [-0.05, 0) is 38.0 Å². The molecule has 0 saturated carbocycles. The predicted octanol–water partition coefficient (Wildman–Crippen LogP) is 2.94. The van der Waals surface area contributed by atoms with Gasteiger partial charge in [-0.1, -0.05) is 13.0 Å². The van der Waals surface area contributed by atoms with E-state index in [9.17, 15) is 10.4 Å². The zero-order chi connectivity index (χ0) is 15.4. The summed E-state index contributed by atoms with van der Waals surface area (Å²) in [6, 6.07) is 7.75. The van der Waals surface area contributed by atoms with E-state index in [0.717, 1.165) is 5.56 Å². The van der Waals surface area contributed by atoms with Gasteiger partial charge in [-0.25, -0.2) is 0 Å². The van der Waals surface area contributed by atoms with Gasteiger partial charge in [0.05, 0.1) is 31.3 Å². The highest BCUT2D eigenvalue weighted by Gasteiger charge is 2.42. The van der Waals surface area contributed by atoms with E-state index in [-0.39, 0.29) is 0 Å². The molecule has 1 aromatic carbocycles. The molecule has 0 spiro atoms. The third kappa shape index (κ3) is 3.05. The Morgan fingerprint density at radius 3 is 2.25 bits per heavy atom. The standard InChI is InChI=1S/C16H23NO3/c1-6-15(2,11-17)16(3,18)10-12-7-8-13(19-4)14(9-12)20-5/h7-9,18H,6,10H2,1-5H3. The first-order chi connectivity index (χ1) is 9.33. The molecule has 4 nitrogen and oxygen atoms in total. The summed E-state index contributed by atoms with van der Waals surface area (Å²) in [6.07, 6.45) is 0.967. The van der Waals surface area contributed by atoms with Crippen molar-refractivity contribution >= 4 is 0 Å². The second-order valence-corrected chi connectivity index (χ2v) is 5.44. The largest absolute Gasteiger partial charge is 0.493 e. The van der Waals surface area contributed by atoms with E-state index in [4.69, 9.17) is 9.47 Å². The maximum absolute atomic E-state index is 10.7. The Morgan fingerprint density at radius 1 is 1.20 bits per heavy atom. The van der Waals surface area contributed by atoms with Gasteiger partial charge < -0.3 is 14.6 Å². The van der Waals surface area contributed by atoms with Crippen molar-refractivity contribution in [1.82, 2.24) is 0 Å². The number of nitrogens with zero attached hydrogens (tertiary/aromatic N) is 1. The van der Waals surface area contributed by atoms with Gasteiger partial charge >= 0.3 is 0 Å². The number of methoxy groups -OCH3 is 2. The minimum atomic E-state index is -1.11. The van der Waals surface area contributed by atoms with Crippen LogP contribution in [-0.4, -0.2) is 24.9 Å². The molecule has 0 heterocycles. The van der Waals surface area contributed by atoms with Crippen LogP contribution in [0.25, 0.3) is 0 Å². The monoisotopic (exact) mass is 277 g/mol. The zero-order valence-electron chi connectivity index (χ0n) is 12.9. The molecule has 0 aromatic heterocycles. The molecule has 4 heteroatoms. The second-order valence-electron chi connectivity index (χ2n) is 5.44. The van der Waals surface area contributed by atoms with Crippen LogP contribution in [0, 0.1) is 16.7 Å². The lowest BCUT2D eigenvalue weighted by molar-refractivity contribution is -0.0318. The van der Waals surface area contributed by atoms with Gasteiger partial charge in [0.2, 0.25) is 0 Å². The Balaban J connectivity index is 3.07. The van der Waals surface area contributed by atoms with E-state index < -0.39 is 11.0 Å². The minimum absolute atomic E-state index is 0.380. The Hall–Kier alpha value is -1.73. The maximum Gasteiger partial charge on any atom is 0.160 e. The molecule has 2 unspecified atom stereocenters. The van der Waals surface area contributed by atoms with Crippen molar-refractivity contribution in [3.05, 3.63) is 23.8 Å². The highest BCUT2D eigenvalue weighted by molar-refractivity contribution is 5.43. The number of benzene rings is 1. The first kappa shape index (κ1) is 16.3. The SMILES string of the molecule is CCC(C)(C#N)C(C)(O)Cc1ccc(OC)c(OC)c1. The Kier molecular flexibility index (Phi) is 5.02. The van der Waals surface area contributed by atoms with Gasteiger partial charge in [-0.2, -0.15) is 5.26 Å². The van der Waals surface area contributed by atoms with E-state index in [1.165, 1.54) is 0 Å². The van der Waals surface area contributed by atoms with Crippen LogP contribution in [0.4, 0.5) is 0 Å². The van der Waals surface area contributed by atoms with Crippen LogP contribution in [0.3, 0.4) is 0 Å². The Morgan fingerprint density at radius 2 is 1.80 bits per heavy atom. The smallest absolute Gasteiger partial charge is 0.160 e. The fourth-order valence-electron chi connectivity index (χ4n) is 2.16. The zero-order valence-corrected chi connectivity index (χ0v) is 12.9. The summed E-state index contributed by atoms with van der Waals surface area (Å²) in [5.41, 5.74) is -1.00. The molecule has 0 aliphatic carbocycles. The molecule has 0 bridgehead atoms. The normalized spacial score (nSPS) is 16.6. The fraction of sp³-hybridized carbons (Fsp3) is 0.562. The highest BCUT2D eigenvalue weighted by Crippen LogP contribution is 2.38. The molecular weight excluding hydrogens is 254 g/mol. The summed E-state index contributed by atoms with van der Waals surface area (Å²) in [5.74, 6) is 1.27. The van der Waals surface area contributed by atoms with Crippen LogP contribution in [0.5, 0.6) is 11.5 Å². The van der Waals surface area contributed by atoms with Crippen molar-refractivity contribution in [3.8, 4) is 17.6 Å². The van der Waals surface area contributed by atoms with Gasteiger partial charge in [-0.15, -0.1) is 0 Å². The summed E-state index contributed by atoms with van der Waals surface area (Å²) < 4.78 is 10.4. The van der Waals surface area contributed by atoms with Gasteiger partial charge in [0.1, 0.15) is 0 Å². The van der Waals surface area contributed by atoms with Crippen molar-refractivity contribution in [3.63, 3.8) is 0 Å². The molecule has 2 atom stereocenters. The lowest BCUT2D eigenvalue weighted by Gasteiger charge is -2.37. The van der Waals surface area contributed by atoms with Crippen molar-refractivity contribution in [2.45, 2.75) is 39.2 Å². The van der Waals surface area contributed by atoms with Gasteiger partial charge in [-0.3, -0.25) is 0 Å². The average Bonchev–Trinajstić information content (AvgIpc) is 2.45. The molecular formula is C16H23NO3. The number of aliphatic hydroxyl groups is 1. The lowest BCUT2D eigenvalue weighted by atomic mass is 9.70. The fourth-order valence-corrected chi connectivity index (χ4v) is 2.16. The number of ether oxygens (including phenoxy) is 2. The van der Waals surface area contributed by atoms with E-state index in [1.54, 1.807) is 34.1 Å². The van der Waals surface area contributed by atoms with E-state index in [1.807, 2.05) is 19.1 Å². The summed E-state index contributed by atoms with van der Waals surface area (Å²) in [4.78, 5) is 0. The quantitative estimate of drug-likeness (QED) is 0.868. The molecule has 20 heavy (non-hydrogen) atoms. The second kappa shape index (κ2) is 6.15. The predicted molar refractivity (Wildman–Crippen MR) is 77.9 cm³/mol. The van der Waals surface area contributed by atoms with Crippen LogP contribution in [0.15, 0.2) is 18.2 Å². The average molecular weight is 277 g/mol. The lowest BCUT2D eigenvalue weighted by Crippen LogP contribution is -2.44. The van der Waals surface area contributed by atoms with E-state index in [0.29, 0.717) is 24.3 Å². The van der Waals surface area contributed by atoms with Crippen molar-refractivity contribution in [2.75, 3.05) is 14.2 Å². The molecule has 1 rings (SSSR count). The van der Waals surface area contributed by atoms with Gasteiger partial charge in [0.15, 0.2) is 11.5 Å². The van der Waals surface area contributed by atoms with E-state index >= 15 is 0 Å². The number of rotatable bonds is 6. The van der Waals surface area contributed by atoms with Crippen LogP contribution in [-0.2, 0) is 6.42 Å². The van der Waals surface area contributed by atoms with Crippen molar-refractivity contribution < 1.29 is 14.6 Å². The third-order valence-corrected chi connectivity index (χ3v) is 4.14. The summed E-state index contributed by atoms with van der Waals surface area (Å²) in [7, 11) is 3.16. The molecule has 1 aromatic rings. The molecule has 0 saturated heterocycles. The molecule has 0 radical (unpaired) electrons. The first-order valence-electron chi connectivity index (χ1n) is 6.68. The third-order valence-electron chi connectivity index (χ3n) is 4.14. The van der Waals surface area contributed by atoms with Crippen molar-refractivity contribution in [1.29, 1.82) is 5.26 Å². The van der Waals surface area contributed by atoms with E-state index in [2.05, 4.69) is 6.07 Å². The molecule has 0 fully saturated rings. The maximum atomic E-state index is 10.7. The topological polar surface area (TPSA) is 62.5 Å². The van der Waals surface area contributed by atoms with Crippen LogP contribution in [0.2, 0.25) is 0 Å². The number of nitriles is 1. The van der Waals surface area contributed by atoms with Crippen LogP contribution in [0.1, 0.15) is 32.8 Å². The molecule has 110 valence electrons. The molecule has 0 aliphatic rings. The molecule has 1 N–H and O–H groups in total. The number of hydrogen-bond acceptors (Lipinski definition) is 4. The molecule has 0 amide bonds. The minimum Gasteiger partial charge on any atom is -0.493 e. The summed E-state index contributed by atoms with van der Waals surface area (Å²) in [5, 5.41) is 20.0. The summed E-state index contributed by atoms with van der Waals surface area (Å²) >= 11 is 0. The summed E-state index contributed by atoms with van der Waals surface area (Å²) in [6.45, 7) is 5.40. The Bertz CT molecular complexity index is 505. The van der Waals surface area contributed by atoms with Crippen LogP contribution >= 0.6 is 0 Å². The van der Waals surface area contributed by atoms with Gasteiger partial charge in [0, 0.05) is 6.42 Å². The van der Waals surface area contributed by atoms with Crippen molar-refractivity contribution in [2.24, 2.45) is 5.41 Å². The highest BCUT2D eigenvalue weighted by atomic mass is 16.5. The first-order valence-corrected chi connectivity index (χ1v) is 6.68.